The Morgan fingerprint density at radius 3 is 2.05 bits per heavy atom. The summed E-state index contributed by atoms with van der Waals surface area (Å²) in [6.45, 7) is 0. The Hall–Kier alpha value is -1.60. The fourth-order valence-corrected chi connectivity index (χ4v) is 3.90. The molecule has 0 radical (unpaired) electrons. The summed E-state index contributed by atoms with van der Waals surface area (Å²) in [5.41, 5.74) is 6.13. The van der Waals surface area contributed by atoms with E-state index < -0.39 is 0 Å². The number of fused-ring (bicyclic) bond motifs is 2. The van der Waals surface area contributed by atoms with Gasteiger partial charge in [-0.15, -0.1) is 0 Å². The summed E-state index contributed by atoms with van der Waals surface area (Å²) >= 11 is 0. The quantitative estimate of drug-likeness (QED) is 0.850. The molecule has 0 saturated carbocycles. The molecule has 1 heteroatoms. The van der Waals surface area contributed by atoms with E-state index in [2.05, 4.69) is 53.8 Å². The van der Waals surface area contributed by atoms with Crippen LogP contribution in [0, 0.1) is 0 Å². The predicted octanol–water partition coefficient (Wildman–Crippen LogP) is 4.34. The van der Waals surface area contributed by atoms with E-state index in [1.54, 1.807) is 5.56 Å². The van der Waals surface area contributed by atoms with Crippen molar-refractivity contribution in [3.8, 4) is 0 Å². The molecule has 2 unspecified atom stereocenters. The molecule has 4 rings (SSSR count). The lowest BCUT2D eigenvalue weighted by molar-refractivity contribution is 0.398. The number of aryl methyl sites for hydroxylation is 2. The molecule has 1 N–H and O–H groups in total. The van der Waals surface area contributed by atoms with Gasteiger partial charge < -0.3 is 5.32 Å². The minimum atomic E-state index is 0.538. The largest absolute Gasteiger partial charge is 0.303 e. The summed E-state index contributed by atoms with van der Waals surface area (Å²) in [6, 6.07) is 19.0. The van der Waals surface area contributed by atoms with E-state index >= 15 is 0 Å². The molecule has 0 amide bonds. The van der Waals surface area contributed by atoms with Gasteiger partial charge in [0.2, 0.25) is 0 Å². The van der Waals surface area contributed by atoms with Crippen molar-refractivity contribution in [2.75, 3.05) is 0 Å². The van der Waals surface area contributed by atoms with Crippen molar-refractivity contribution in [1.82, 2.24) is 5.32 Å². The first-order chi connectivity index (χ1) is 9.92. The topological polar surface area (TPSA) is 12.0 Å². The van der Waals surface area contributed by atoms with Crippen LogP contribution in [0.1, 0.15) is 53.6 Å². The average molecular weight is 263 g/mol. The first kappa shape index (κ1) is 12.2. The third kappa shape index (κ3) is 2.06. The van der Waals surface area contributed by atoms with Crippen LogP contribution >= 0.6 is 0 Å². The van der Waals surface area contributed by atoms with E-state index in [4.69, 9.17) is 0 Å². The summed E-state index contributed by atoms with van der Waals surface area (Å²) in [6.07, 6.45) is 6.30. The van der Waals surface area contributed by atoms with E-state index in [0.717, 1.165) is 0 Å². The normalized spacial score (nSPS) is 24.2. The van der Waals surface area contributed by atoms with Crippen LogP contribution in [0.15, 0.2) is 48.5 Å². The van der Waals surface area contributed by atoms with Gasteiger partial charge in [0.25, 0.3) is 0 Å². The van der Waals surface area contributed by atoms with Crippen molar-refractivity contribution < 1.29 is 0 Å². The van der Waals surface area contributed by atoms with Gasteiger partial charge >= 0.3 is 0 Å². The Labute approximate surface area is 121 Å². The molecular weight excluding hydrogens is 242 g/mol. The maximum atomic E-state index is 3.93. The van der Waals surface area contributed by atoms with Crippen LogP contribution in [-0.2, 0) is 12.8 Å². The monoisotopic (exact) mass is 263 g/mol. The Morgan fingerprint density at radius 2 is 1.30 bits per heavy atom. The van der Waals surface area contributed by atoms with Crippen molar-refractivity contribution >= 4 is 0 Å². The fourth-order valence-electron chi connectivity index (χ4n) is 3.90. The molecule has 102 valence electrons. The third-order valence-corrected chi connectivity index (χ3v) is 4.90. The van der Waals surface area contributed by atoms with Crippen molar-refractivity contribution in [2.45, 2.75) is 44.2 Å². The molecule has 0 bridgehead atoms. The Balaban J connectivity index is 1.59. The molecular formula is C19H21N. The highest BCUT2D eigenvalue weighted by Crippen LogP contribution is 2.36. The van der Waals surface area contributed by atoms with Gasteiger partial charge in [-0.1, -0.05) is 48.5 Å². The standard InChI is InChI=1S/C19H21N/c1-3-9-16-14(6-1)8-5-11-18(16)20-19-13-12-15-7-2-4-10-17(15)19/h1-4,6-7,9-10,18-20H,5,8,11-13H2. The number of benzene rings is 2. The van der Waals surface area contributed by atoms with Crippen LogP contribution in [0.2, 0.25) is 0 Å². The molecule has 0 aliphatic heterocycles. The second-order valence-electron chi connectivity index (χ2n) is 6.10. The number of rotatable bonds is 2. The fraction of sp³-hybridized carbons (Fsp3) is 0.368. The molecule has 2 aromatic carbocycles. The summed E-state index contributed by atoms with van der Waals surface area (Å²) in [5, 5.41) is 3.93. The molecule has 0 fully saturated rings. The Morgan fingerprint density at radius 1 is 0.700 bits per heavy atom. The number of nitrogens with one attached hydrogen (secondary N) is 1. The van der Waals surface area contributed by atoms with Gasteiger partial charge in [0.1, 0.15) is 0 Å². The zero-order chi connectivity index (χ0) is 13.4. The molecule has 2 aliphatic rings. The lowest BCUT2D eigenvalue weighted by atomic mass is 9.87. The molecule has 0 saturated heterocycles. The highest BCUT2D eigenvalue weighted by atomic mass is 15.0. The first-order valence-electron chi connectivity index (χ1n) is 7.83. The second kappa shape index (κ2) is 5.06. The highest BCUT2D eigenvalue weighted by Gasteiger charge is 2.27. The highest BCUT2D eigenvalue weighted by molar-refractivity contribution is 5.36. The third-order valence-electron chi connectivity index (χ3n) is 4.90. The zero-order valence-electron chi connectivity index (χ0n) is 11.8. The van der Waals surface area contributed by atoms with Crippen molar-refractivity contribution in [2.24, 2.45) is 0 Å². The van der Waals surface area contributed by atoms with Gasteiger partial charge in [0.05, 0.1) is 0 Å². The molecule has 0 aromatic heterocycles. The summed E-state index contributed by atoms with van der Waals surface area (Å²) in [4.78, 5) is 0. The van der Waals surface area contributed by atoms with Gasteiger partial charge in [-0.05, 0) is 54.4 Å². The van der Waals surface area contributed by atoms with Crippen LogP contribution in [0.4, 0.5) is 0 Å². The molecule has 0 heterocycles. The van der Waals surface area contributed by atoms with Gasteiger partial charge in [0.15, 0.2) is 0 Å². The summed E-state index contributed by atoms with van der Waals surface area (Å²) in [7, 11) is 0. The van der Waals surface area contributed by atoms with Crippen LogP contribution in [0.25, 0.3) is 0 Å². The SMILES string of the molecule is c1ccc2c(c1)CCCC2NC1CCc2ccccc21. The Bertz CT molecular complexity index is 617. The van der Waals surface area contributed by atoms with Crippen LogP contribution in [0.3, 0.4) is 0 Å². The predicted molar refractivity (Wildman–Crippen MR) is 82.8 cm³/mol. The maximum Gasteiger partial charge on any atom is 0.0331 e. The molecule has 20 heavy (non-hydrogen) atoms. The molecule has 0 spiro atoms. The van der Waals surface area contributed by atoms with Gasteiger partial charge in [-0.25, -0.2) is 0 Å². The van der Waals surface area contributed by atoms with Crippen LogP contribution in [0.5, 0.6) is 0 Å². The van der Waals surface area contributed by atoms with E-state index in [-0.39, 0.29) is 0 Å². The lowest BCUT2D eigenvalue weighted by Crippen LogP contribution is -2.28. The van der Waals surface area contributed by atoms with Gasteiger partial charge in [-0.3, -0.25) is 0 Å². The lowest BCUT2D eigenvalue weighted by Gasteiger charge is -2.29. The van der Waals surface area contributed by atoms with Crippen molar-refractivity contribution in [3.05, 3.63) is 70.8 Å². The summed E-state index contributed by atoms with van der Waals surface area (Å²) < 4.78 is 0. The first-order valence-corrected chi connectivity index (χ1v) is 7.83. The minimum Gasteiger partial charge on any atom is -0.303 e. The van der Waals surface area contributed by atoms with Gasteiger partial charge in [0, 0.05) is 12.1 Å². The van der Waals surface area contributed by atoms with E-state index in [1.165, 1.54) is 48.8 Å². The van der Waals surface area contributed by atoms with Crippen LogP contribution < -0.4 is 5.32 Å². The van der Waals surface area contributed by atoms with E-state index in [1.807, 2.05) is 0 Å². The molecule has 2 atom stereocenters. The second-order valence-corrected chi connectivity index (χ2v) is 6.10. The minimum absolute atomic E-state index is 0.538. The van der Waals surface area contributed by atoms with Crippen molar-refractivity contribution in [1.29, 1.82) is 0 Å². The average Bonchev–Trinajstić information content (AvgIpc) is 2.91. The Kier molecular flexibility index (Phi) is 3.08. The molecule has 1 nitrogen and oxygen atoms in total. The number of hydrogen-bond donors (Lipinski definition) is 1. The van der Waals surface area contributed by atoms with E-state index in [0.29, 0.717) is 12.1 Å². The zero-order valence-corrected chi connectivity index (χ0v) is 11.8. The van der Waals surface area contributed by atoms with Crippen molar-refractivity contribution in [3.63, 3.8) is 0 Å². The maximum absolute atomic E-state index is 3.93. The molecule has 2 aliphatic carbocycles. The van der Waals surface area contributed by atoms with Crippen LogP contribution in [-0.4, -0.2) is 0 Å². The van der Waals surface area contributed by atoms with Gasteiger partial charge in [-0.2, -0.15) is 0 Å². The van der Waals surface area contributed by atoms with E-state index in [9.17, 15) is 0 Å². The smallest absolute Gasteiger partial charge is 0.0331 e. The number of hydrogen-bond acceptors (Lipinski definition) is 1. The summed E-state index contributed by atoms with van der Waals surface area (Å²) in [5.74, 6) is 0. The molecule has 2 aromatic rings.